The number of fused-ring (bicyclic) bond motifs is 1. The summed E-state index contributed by atoms with van der Waals surface area (Å²) in [4.78, 5) is 25.4. The summed E-state index contributed by atoms with van der Waals surface area (Å²) >= 11 is 0. The molecule has 118 valence electrons. The molecule has 2 unspecified atom stereocenters. The molecular weight excluding hydrogens is 280 g/mol. The van der Waals surface area contributed by atoms with Gasteiger partial charge in [0, 0.05) is 13.1 Å². The third-order valence-electron chi connectivity index (χ3n) is 4.94. The number of carbonyl (C=O) groups excluding carboxylic acids is 1. The zero-order valence-electron chi connectivity index (χ0n) is 12.8. The van der Waals surface area contributed by atoms with Crippen molar-refractivity contribution in [1.82, 2.24) is 10.2 Å². The number of amides is 2. The van der Waals surface area contributed by atoms with Crippen molar-refractivity contribution in [3.63, 3.8) is 0 Å². The van der Waals surface area contributed by atoms with Crippen LogP contribution in [0.5, 0.6) is 0 Å². The molecule has 0 spiro atoms. The zero-order valence-corrected chi connectivity index (χ0v) is 12.8. The van der Waals surface area contributed by atoms with E-state index in [0.717, 1.165) is 19.3 Å². The summed E-state index contributed by atoms with van der Waals surface area (Å²) in [5, 5.41) is 12.4. The number of rotatable bonds is 2. The van der Waals surface area contributed by atoms with Gasteiger partial charge in [0.25, 0.3) is 0 Å². The molecule has 2 N–H and O–H groups in total. The van der Waals surface area contributed by atoms with Crippen molar-refractivity contribution >= 4 is 12.0 Å². The molecule has 5 nitrogen and oxygen atoms in total. The average Bonchev–Trinajstić information content (AvgIpc) is 2.92. The van der Waals surface area contributed by atoms with Crippen LogP contribution in [-0.4, -0.2) is 35.1 Å². The third kappa shape index (κ3) is 2.67. The SMILES string of the molecule is CC1(C(=O)O)CCN(C(=O)NC2CCCc3ccccc32)C1. The second-order valence-electron chi connectivity index (χ2n) is 6.63. The fraction of sp³-hybridized carbons (Fsp3) is 0.529. The molecule has 2 amide bonds. The monoisotopic (exact) mass is 302 g/mol. The minimum absolute atomic E-state index is 0.0362. The molecule has 1 aliphatic heterocycles. The molecule has 1 fully saturated rings. The van der Waals surface area contributed by atoms with Crippen molar-refractivity contribution in [2.45, 2.75) is 38.6 Å². The highest BCUT2D eigenvalue weighted by Crippen LogP contribution is 2.32. The van der Waals surface area contributed by atoms with Gasteiger partial charge in [-0.15, -0.1) is 0 Å². The Bertz CT molecular complexity index is 601. The van der Waals surface area contributed by atoms with Crippen LogP contribution in [0.3, 0.4) is 0 Å². The number of nitrogens with one attached hydrogen (secondary N) is 1. The summed E-state index contributed by atoms with van der Waals surface area (Å²) in [6.07, 6.45) is 3.57. The number of hydrogen-bond donors (Lipinski definition) is 2. The van der Waals surface area contributed by atoms with Crippen molar-refractivity contribution in [1.29, 1.82) is 0 Å². The lowest BCUT2D eigenvalue weighted by Gasteiger charge is -2.29. The number of benzene rings is 1. The molecule has 3 rings (SSSR count). The van der Waals surface area contributed by atoms with Crippen LogP contribution in [0.2, 0.25) is 0 Å². The molecule has 0 radical (unpaired) electrons. The van der Waals surface area contributed by atoms with Gasteiger partial charge in [0.2, 0.25) is 0 Å². The number of nitrogens with zero attached hydrogens (tertiary/aromatic N) is 1. The van der Waals surface area contributed by atoms with Gasteiger partial charge in [0.1, 0.15) is 0 Å². The molecule has 1 heterocycles. The fourth-order valence-corrected chi connectivity index (χ4v) is 3.45. The normalized spacial score (nSPS) is 27.3. The second kappa shape index (κ2) is 5.63. The zero-order chi connectivity index (χ0) is 15.7. The number of urea groups is 1. The Hall–Kier alpha value is -2.04. The highest BCUT2D eigenvalue weighted by molar-refractivity contribution is 5.79. The van der Waals surface area contributed by atoms with Crippen LogP contribution in [-0.2, 0) is 11.2 Å². The van der Waals surface area contributed by atoms with E-state index >= 15 is 0 Å². The molecule has 2 atom stereocenters. The average molecular weight is 302 g/mol. The van der Waals surface area contributed by atoms with Gasteiger partial charge in [0.15, 0.2) is 0 Å². The Morgan fingerprint density at radius 3 is 2.86 bits per heavy atom. The molecule has 0 aromatic heterocycles. The summed E-state index contributed by atoms with van der Waals surface area (Å²) in [7, 11) is 0. The summed E-state index contributed by atoms with van der Waals surface area (Å²) in [6.45, 7) is 2.49. The molecule has 1 saturated heterocycles. The van der Waals surface area contributed by atoms with Gasteiger partial charge in [-0.2, -0.15) is 0 Å². The first-order valence-electron chi connectivity index (χ1n) is 7.86. The van der Waals surface area contributed by atoms with Gasteiger partial charge >= 0.3 is 12.0 Å². The van der Waals surface area contributed by atoms with E-state index in [1.54, 1.807) is 11.8 Å². The van der Waals surface area contributed by atoms with E-state index in [-0.39, 0.29) is 18.6 Å². The summed E-state index contributed by atoms with van der Waals surface area (Å²) in [5.74, 6) is -0.828. The first-order valence-corrected chi connectivity index (χ1v) is 7.86. The van der Waals surface area contributed by atoms with Crippen molar-refractivity contribution in [2.75, 3.05) is 13.1 Å². The Labute approximate surface area is 130 Å². The number of aryl methyl sites for hydroxylation is 1. The maximum atomic E-state index is 12.5. The van der Waals surface area contributed by atoms with Gasteiger partial charge in [-0.05, 0) is 43.7 Å². The minimum atomic E-state index is -0.828. The lowest BCUT2D eigenvalue weighted by Crippen LogP contribution is -2.43. The van der Waals surface area contributed by atoms with E-state index < -0.39 is 11.4 Å². The van der Waals surface area contributed by atoms with Crippen molar-refractivity contribution in [2.24, 2.45) is 5.41 Å². The second-order valence-corrected chi connectivity index (χ2v) is 6.63. The van der Waals surface area contributed by atoms with Crippen LogP contribution in [0.25, 0.3) is 0 Å². The lowest BCUT2D eigenvalue weighted by atomic mass is 9.88. The molecule has 1 aromatic carbocycles. The van der Waals surface area contributed by atoms with Gasteiger partial charge in [0.05, 0.1) is 11.5 Å². The Morgan fingerprint density at radius 1 is 1.36 bits per heavy atom. The molecule has 1 aliphatic carbocycles. The lowest BCUT2D eigenvalue weighted by molar-refractivity contribution is -0.147. The quantitative estimate of drug-likeness (QED) is 0.882. The summed E-state index contributed by atoms with van der Waals surface area (Å²) in [5.41, 5.74) is 1.68. The number of carboxylic acid groups (broad SMARTS) is 1. The largest absolute Gasteiger partial charge is 0.481 e. The summed E-state index contributed by atoms with van der Waals surface area (Å²) < 4.78 is 0. The maximum absolute atomic E-state index is 12.5. The first-order chi connectivity index (χ1) is 10.5. The van der Waals surface area contributed by atoms with Gasteiger partial charge in [-0.25, -0.2) is 4.79 Å². The van der Waals surface area contributed by atoms with Crippen LogP contribution in [0, 0.1) is 5.41 Å². The predicted molar refractivity (Wildman–Crippen MR) is 82.6 cm³/mol. The number of carbonyl (C=O) groups is 2. The molecule has 0 saturated carbocycles. The summed E-state index contributed by atoms with van der Waals surface area (Å²) in [6, 6.07) is 8.11. The van der Waals surface area contributed by atoms with Crippen LogP contribution >= 0.6 is 0 Å². The molecule has 5 heteroatoms. The molecule has 2 aliphatic rings. The first kappa shape index (κ1) is 14.9. The van der Waals surface area contributed by atoms with Crippen molar-refractivity contribution < 1.29 is 14.7 Å². The molecule has 1 aromatic rings. The highest BCUT2D eigenvalue weighted by atomic mass is 16.4. The predicted octanol–water partition coefficient (Wildman–Crippen LogP) is 2.57. The van der Waals surface area contributed by atoms with E-state index in [2.05, 4.69) is 17.4 Å². The van der Waals surface area contributed by atoms with E-state index in [0.29, 0.717) is 13.0 Å². The molecule has 0 bridgehead atoms. The van der Waals surface area contributed by atoms with E-state index in [4.69, 9.17) is 0 Å². The Morgan fingerprint density at radius 2 is 2.14 bits per heavy atom. The van der Waals surface area contributed by atoms with Crippen LogP contribution < -0.4 is 5.32 Å². The third-order valence-corrected chi connectivity index (χ3v) is 4.94. The van der Waals surface area contributed by atoms with Gasteiger partial charge in [-0.1, -0.05) is 24.3 Å². The fourth-order valence-electron chi connectivity index (χ4n) is 3.45. The number of aliphatic carboxylic acids is 1. The Kier molecular flexibility index (Phi) is 3.81. The number of hydrogen-bond acceptors (Lipinski definition) is 2. The van der Waals surface area contributed by atoms with Crippen LogP contribution in [0.15, 0.2) is 24.3 Å². The van der Waals surface area contributed by atoms with Crippen LogP contribution in [0.4, 0.5) is 4.79 Å². The van der Waals surface area contributed by atoms with Gasteiger partial charge in [-0.3, -0.25) is 4.79 Å². The molecular formula is C17H22N2O3. The van der Waals surface area contributed by atoms with Gasteiger partial charge < -0.3 is 15.3 Å². The highest BCUT2D eigenvalue weighted by Gasteiger charge is 2.42. The number of likely N-dealkylation sites (tertiary alicyclic amines) is 1. The topological polar surface area (TPSA) is 69.6 Å². The molecule has 22 heavy (non-hydrogen) atoms. The Balaban J connectivity index is 1.68. The van der Waals surface area contributed by atoms with Crippen molar-refractivity contribution in [3.8, 4) is 0 Å². The minimum Gasteiger partial charge on any atom is -0.481 e. The van der Waals surface area contributed by atoms with Crippen LogP contribution in [0.1, 0.15) is 43.4 Å². The standard InChI is InChI=1S/C17H22N2O3/c1-17(15(20)21)9-10-19(11-17)16(22)18-14-8-4-6-12-5-2-3-7-13(12)14/h2-3,5,7,14H,4,6,8-11H2,1H3,(H,18,22)(H,20,21). The smallest absolute Gasteiger partial charge is 0.317 e. The maximum Gasteiger partial charge on any atom is 0.317 e. The van der Waals surface area contributed by atoms with E-state index in [9.17, 15) is 14.7 Å². The number of carboxylic acids is 1. The van der Waals surface area contributed by atoms with Crippen molar-refractivity contribution in [3.05, 3.63) is 35.4 Å². The van der Waals surface area contributed by atoms with E-state index in [1.165, 1.54) is 11.1 Å². The van der Waals surface area contributed by atoms with E-state index in [1.807, 2.05) is 12.1 Å².